The fraction of sp³-hybridized carbons (Fsp3) is 0.667. The summed E-state index contributed by atoms with van der Waals surface area (Å²) in [5.41, 5.74) is -1.17. The largest absolute Gasteiger partial charge is 0.387 e. The van der Waals surface area contributed by atoms with E-state index in [9.17, 15) is 14.7 Å². The first-order chi connectivity index (χ1) is 8.32. The van der Waals surface area contributed by atoms with Crippen molar-refractivity contribution >= 4 is 5.91 Å². The molecule has 0 aromatic carbocycles. The van der Waals surface area contributed by atoms with E-state index in [1.165, 1.54) is 6.07 Å². The van der Waals surface area contributed by atoms with E-state index in [-0.39, 0.29) is 12.5 Å². The molecule has 0 saturated carbocycles. The van der Waals surface area contributed by atoms with Crippen molar-refractivity contribution in [2.45, 2.75) is 26.4 Å². The minimum Gasteiger partial charge on any atom is -0.387 e. The van der Waals surface area contributed by atoms with Gasteiger partial charge in [-0.2, -0.15) is 0 Å². The van der Waals surface area contributed by atoms with Gasteiger partial charge in [-0.15, -0.1) is 4.74 Å². The second-order valence-corrected chi connectivity index (χ2v) is 5.28. The number of β-amino-alcohol motifs (C(OH)–C–C–N with tert-alkyl or cyclic N) is 1. The summed E-state index contributed by atoms with van der Waals surface area (Å²) in [6.45, 7) is 6.49. The Balaban J connectivity index is 1.95. The zero-order chi connectivity index (χ0) is 13.5. The van der Waals surface area contributed by atoms with Gasteiger partial charge < -0.3 is 9.63 Å². The van der Waals surface area contributed by atoms with E-state index in [0.29, 0.717) is 18.8 Å². The van der Waals surface area contributed by atoms with Crippen LogP contribution in [-0.2, 0) is 0 Å². The predicted octanol–water partition coefficient (Wildman–Crippen LogP) is 0.0926. The van der Waals surface area contributed by atoms with Gasteiger partial charge in [-0.1, -0.05) is 13.8 Å². The highest BCUT2D eigenvalue weighted by molar-refractivity contribution is 5.79. The Morgan fingerprint density at radius 2 is 2.17 bits per heavy atom. The summed E-state index contributed by atoms with van der Waals surface area (Å²) in [7, 11) is 0. The van der Waals surface area contributed by atoms with Crippen LogP contribution >= 0.6 is 0 Å². The van der Waals surface area contributed by atoms with Crippen LogP contribution in [0.2, 0.25) is 0 Å². The molecule has 2 heterocycles. The second kappa shape index (κ2) is 4.37. The molecule has 6 nitrogen and oxygen atoms in total. The molecule has 18 heavy (non-hydrogen) atoms. The van der Waals surface area contributed by atoms with Crippen LogP contribution in [0.3, 0.4) is 0 Å². The van der Waals surface area contributed by atoms with Crippen LogP contribution in [0, 0.1) is 12.8 Å². The predicted molar refractivity (Wildman–Crippen MR) is 64.6 cm³/mol. The smallest absolute Gasteiger partial charge is 0.290 e. The normalized spacial score (nSPS) is 18.9. The van der Waals surface area contributed by atoms with E-state index < -0.39 is 17.1 Å². The summed E-state index contributed by atoms with van der Waals surface area (Å²) in [4.78, 5) is 25.0. The van der Waals surface area contributed by atoms with E-state index in [2.05, 4.69) is 0 Å². The van der Waals surface area contributed by atoms with Crippen LogP contribution in [0.4, 0.5) is 0 Å². The van der Waals surface area contributed by atoms with E-state index in [4.69, 9.17) is 4.52 Å². The van der Waals surface area contributed by atoms with Crippen molar-refractivity contribution in [2.24, 2.45) is 5.92 Å². The molecule has 0 radical (unpaired) electrons. The number of hydrogen-bond donors (Lipinski definition) is 1. The molecule has 1 aliphatic rings. The Bertz CT molecular complexity index is 508. The Morgan fingerprint density at radius 1 is 1.56 bits per heavy atom. The van der Waals surface area contributed by atoms with E-state index in [1.54, 1.807) is 11.8 Å². The van der Waals surface area contributed by atoms with E-state index >= 15 is 0 Å². The highest BCUT2D eigenvalue weighted by Gasteiger charge is 2.44. The second-order valence-electron chi connectivity index (χ2n) is 5.28. The number of carbonyl (C=O) groups excluding carboxylic acids is 1. The van der Waals surface area contributed by atoms with E-state index in [1.807, 2.05) is 13.8 Å². The number of aliphatic hydroxyl groups is 1. The van der Waals surface area contributed by atoms with Crippen molar-refractivity contribution in [2.75, 3.05) is 19.6 Å². The van der Waals surface area contributed by atoms with Crippen molar-refractivity contribution in [3.8, 4) is 0 Å². The number of aryl methyl sites for hydroxylation is 1. The van der Waals surface area contributed by atoms with E-state index in [0.717, 1.165) is 4.74 Å². The first kappa shape index (κ1) is 13.0. The maximum atomic E-state index is 11.8. The molecule has 0 atom stereocenters. The number of nitrogens with zero attached hydrogens (tertiary/aromatic N) is 2. The van der Waals surface area contributed by atoms with Gasteiger partial charge in [-0.05, 0) is 12.8 Å². The number of likely N-dealkylation sites (tertiary alicyclic amines) is 1. The molecule has 1 aromatic heterocycles. The molecule has 2 rings (SSSR count). The number of aromatic nitrogens is 1. The van der Waals surface area contributed by atoms with Crippen LogP contribution in [0.5, 0.6) is 0 Å². The molecule has 0 unspecified atom stereocenters. The van der Waals surface area contributed by atoms with Crippen LogP contribution in [-0.4, -0.2) is 45.9 Å². The molecular weight excluding hydrogens is 236 g/mol. The van der Waals surface area contributed by atoms with Gasteiger partial charge in [-0.3, -0.25) is 14.5 Å². The molecule has 1 fully saturated rings. The number of hydrogen-bond acceptors (Lipinski definition) is 5. The minimum absolute atomic E-state index is 0.0852. The molecule has 100 valence electrons. The zero-order valence-corrected chi connectivity index (χ0v) is 10.8. The van der Waals surface area contributed by atoms with Gasteiger partial charge in [0, 0.05) is 19.2 Å². The van der Waals surface area contributed by atoms with Crippen molar-refractivity contribution in [3.05, 3.63) is 22.2 Å². The zero-order valence-electron chi connectivity index (χ0n) is 10.8. The standard InChI is InChI=1S/C12H18N2O4/c1-8(2)12(17)6-13(7-12)5-11(16)14-10(15)4-9(3)18-14/h4,8,17H,5-7H2,1-3H3. The molecule has 1 N–H and O–H groups in total. The van der Waals surface area contributed by atoms with Gasteiger partial charge in [0.05, 0.1) is 12.1 Å². The highest BCUT2D eigenvalue weighted by Crippen LogP contribution is 2.28. The van der Waals surface area contributed by atoms with Crippen LogP contribution in [0.15, 0.2) is 15.4 Å². The van der Waals surface area contributed by atoms with Gasteiger partial charge in [0.15, 0.2) is 0 Å². The minimum atomic E-state index is -0.718. The van der Waals surface area contributed by atoms with Gasteiger partial charge >= 0.3 is 0 Å². The Kier molecular flexibility index (Phi) is 3.16. The SMILES string of the molecule is Cc1cc(=O)n(C(=O)CN2CC(O)(C(C)C)C2)o1. The first-order valence-corrected chi connectivity index (χ1v) is 6.00. The summed E-state index contributed by atoms with van der Waals surface area (Å²) in [6.07, 6.45) is 0. The van der Waals surface area contributed by atoms with Crippen molar-refractivity contribution in [1.82, 2.24) is 9.64 Å². The van der Waals surface area contributed by atoms with Gasteiger partial charge in [0.1, 0.15) is 5.76 Å². The lowest BCUT2D eigenvalue weighted by Gasteiger charge is -2.48. The molecule has 6 heteroatoms. The topological polar surface area (TPSA) is 75.7 Å². The average Bonchev–Trinajstić information content (AvgIpc) is 2.55. The molecule has 0 bridgehead atoms. The highest BCUT2D eigenvalue weighted by atomic mass is 16.5. The lowest BCUT2D eigenvalue weighted by molar-refractivity contribution is -0.124. The van der Waals surface area contributed by atoms with Crippen LogP contribution in [0.25, 0.3) is 0 Å². The molecule has 0 spiro atoms. The van der Waals surface area contributed by atoms with Crippen molar-refractivity contribution in [1.29, 1.82) is 0 Å². The maximum Gasteiger partial charge on any atom is 0.290 e. The number of rotatable bonds is 3. The fourth-order valence-corrected chi connectivity index (χ4v) is 2.08. The molecular formula is C12H18N2O4. The maximum absolute atomic E-state index is 11.8. The third-order valence-electron chi connectivity index (χ3n) is 3.42. The summed E-state index contributed by atoms with van der Waals surface area (Å²) < 4.78 is 5.78. The Morgan fingerprint density at radius 3 is 2.61 bits per heavy atom. The van der Waals surface area contributed by atoms with Crippen LogP contribution < -0.4 is 5.56 Å². The lowest BCUT2D eigenvalue weighted by atomic mass is 9.83. The van der Waals surface area contributed by atoms with Crippen LogP contribution in [0.1, 0.15) is 24.4 Å². The number of carbonyl (C=O) groups is 1. The summed E-state index contributed by atoms with van der Waals surface area (Å²) in [5, 5.41) is 10.1. The third kappa shape index (κ3) is 2.26. The lowest BCUT2D eigenvalue weighted by Crippen LogP contribution is -2.65. The van der Waals surface area contributed by atoms with Crippen molar-refractivity contribution < 1.29 is 14.4 Å². The van der Waals surface area contributed by atoms with Gasteiger partial charge in [-0.25, -0.2) is 0 Å². The van der Waals surface area contributed by atoms with Crippen molar-refractivity contribution in [3.63, 3.8) is 0 Å². The third-order valence-corrected chi connectivity index (χ3v) is 3.42. The summed E-state index contributed by atoms with van der Waals surface area (Å²) in [5.74, 6) is 0.159. The monoisotopic (exact) mass is 254 g/mol. The average molecular weight is 254 g/mol. The Labute approximate surface area is 105 Å². The Hall–Kier alpha value is -1.40. The quantitative estimate of drug-likeness (QED) is 0.827. The molecule has 1 saturated heterocycles. The fourth-order valence-electron chi connectivity index (χ4n) is 2.08. The molecule has 1 aromatic rings. The summed E-state index contributed by atoms with van der Waals surface area (Å²) in [6, 6.07) is 1.28. The van der Waals surface area contributed by atoms with Gasteiger partial charge in [0.25, 0.3) is 11.5 Å². The summed E-state index contributed by atoms with van der Waals surface area (Å²) >= 11 is 0. The van der Waals surface area contributed by atoms with Gasteiger partial charge in [0.2, 0.25) is 0 Å². The molecule has 0 aliphatic carbocycles. The first-order valence-electron chi connectivity index (χ1n) is 6.00. The molecule has 0 amide bonds. The molecule has 1 aliphatic heterocycles.